The van der Waals surface area contributed by atoms with Crippen LogP contribution in [0.15, 0.2) is 22.7 Å². The van der Waals surface area contributed by atoms with Gasteiger partial charge in [0.1, 0.15) is 5.75 Å². The Bertz CT molecular complexity index is 441. The second-order valence-electron chi connectivity index (χ2n) is 6.23. The summed E-state index contributed by atoms with van der Waals surface area (Å²) in [5.74, 6) is 0.914. The van der Waals surface area contributed by atoms with E-state index in [4.69, 9.17) is 10.5 Å². The maximum absolute atomic E-state index is 6.56. The predicted molar refractivity (Wildman–Crippen MR) is 88.0 cm³/mol. The summed E-state index contributed by atoms with van der Waals surface area (Å²) < 4.78 is 6.72. The van der Waals surface area contributed by atoms with Crippen molar-refractivity contribution in [1.82, 2.24) is 0 Å². The van der Waals surface area contributed by atoms with Crippen LogP contribution in [0.5, 0.6) is 5.75 Å². The summed E-state index contributed by atoms with van der Waals surface area (Å²) in [6.07, 6.45) is 7.47. The first-order valence-electron chi connectivity index (χ1n) is 7.74. The molecule has 20 heavy (non-hydrogen) atoms. The lowest BCUT2D eigenvalue weighted by atomic mass is 9.69. The smallest absolute Gasteiger partial charge is 0.133 e. The number of hydrogen-bond acceptors (Lipinski definition) is 2. The summed E-state index contributed by atoms with van der Waals surface area (Å²) in [5.41, 5.74) is 8.01. The first-order valence-corrected chi connectivity index (χ1v) is 8.54. The van der Waals surface area contributed by atoms with Crippen molar-refractivity contribution < 1.29 is 4.74 Å². The molecule has 1 aliphatic carbocycles. The Morgan fingerprint density at radius 1 is 1.30 bits per heavy atom. The summed E-state index contributed by atoms with van der Waals surface area (Å²) in [7, 11) is 0. The standard InChI is InChI=1S/C17H26BrNO/c1-3-11-20-15-8-7-13(12-14(15)18)16(19)17(2)9-5-4-6-10-17/h7-8,12,16H,3-6,9-11,19H2,1-2H3. The van der Waals surface area contributed by atoms with Gasteiger partial charge in [-0.3, -0.25) is 0 Å². The van der Waals surface area contributed by atoms with E-state index >= 15 is 0 Å². The Morgan fingerprint density at radius 2 is 2.00 bits per heavy atom. The van der Waals surface area contributed by atoms with Crippen molar-refractivity contribution in [3.63, 3.8) is 0 Å². The van der Waals surface area contributed by atoms with Crippen LogP contribution in [0.1, 0.15) is 64.0 Å². The van der Waals surface area contributed by atoms with E-state index in [0.717, 1.165) is 23.2 Å². The molecule has 1 fully saturated rings. The molecule has 0 bridgehead atoms. The van der Waals surface area contributed by atoms with Crippen LogP contribution in [0.25, 0.3) is 0 Å². The van der Waals surface area contributed by atoms with Gasteiger partial charge in [-0.1, -0.05) is 39.2 Å². The van der Waals surface area contributed by atoms with E-state index in [2.05, 4.69) is 41.9 Å². The number of benzene rings is 1. The highest BCUT2D eigenvalue weighted by Gasteiger charge is 2.34. The van der Waals surface area contributed by atoms with Gasteiger partial charge in [0.15, 0.2) is 0 Å². The fourth-order valence-electron chi connectivity index (χ4n) is 3.11. The van der Waals surface area contributed by atoms with Crippen LogP contribution in [-0.2, 0) is 0 Å². The molecule has 1 aromatic rings. The molecule has 1 aromatic carbocycles. The van der Waals surface area contributed by atoms with E-state index in [1.54, 1.807) is 0 Å². The normalized spacial score (nSPS) is 19.6. The van der Waals surface area contributed by atoms with Crippen LogP contribution >= 0.6 is 15.9 Å². The number of ether oxygens (including phenoxy) is 1. The third-order valence-electron chi connectivity index (χ3n) is 4.52. The van der Waals surface area contributed by atoms with Crippen molar-refractivity contribution in [2.75, 3.05) is 6.61 Å². The molecule has 2 rings (SSSR count). The number of rotatable bonds is 5. The summed E-state index contributed by atoms with van der Waals surface area (Å²) >= 11 is 3.61. The molecule has 2 N–H and O–H groups in total. The molecule has 0 heterocycles. The number of halogens is 1. The van der Waals surface area contributed by atoms with E-state index in [9.17, 15) is 0 Å². The van der Waals surface area contributed by atoms with Gasteiger partial charge >= 0.3 is 0 Å². The molecule has 2 nitrogen and oxygen atoms in total. The van der Waals surface area contributed by atoms with Gasteiger partial charge < -0.3 is 10.5 Å². The molecule has 3 heteroatoms. The predicted octanol–water partition coefficient (Wildman–Crippen LogP) is 5.21. The second-order valence-corrected chi connectivity index (χ2v) is 7.09. The highest BCUT2D eigenvalue weighted by molar-refractivity contribution is 9.10. The topological polar surface area (TPSA) is 35.2 Å². The number of nitrogens with two attached hydrogens (primary N) is 1. The van der Waals surface area contributed by atoms with Crippen LogP contribution in [0, 0.1) is 5.41 Å². The minimum absolute atomic E-state index is 0.110. The molecule has 0 aliphatic heterocycles. The lowest BCUT2D eigenvalue weighted by Gasteiger charge is -2.39. The highest BCUT2D eigenvalue weighted by Crippen LogP contribution is 2.45. The zero-order valence-electron chi connectivity index (χ0n) is 12.6. The van der Waals surface area contributed by atoms with Gasteiger partial charge in [0, 0.05) is 6.04 Å². The first-order chi connectivity index (χ1) is 9.57. The van der Waals surface area contributed by atoms with Crippen molar-refractivity contribution >= 4 is 15.9 Å². The van der Waals surface area contributed by atoms with Gasteiger partial charge in [-0.15, -0.1) is 0 Å². The maximum atomic E-state index is 6.56. The zero-order chi connectivity index (χ0) is 14.6. The molecule has 0 aromatic heterocycles. The summed E-state index contributed by atoms with van der Waals surface area (Å²) in [4.78, 5) is 0. The lowest BCUT2D eigenvalue weighted by molar-refractivity contribution is 0.170. The average Bonchev–Trinajstić information content (AvgIpc) is 2.46. The van der Waals surface area contributed by atoms with E-state index in [-0.39, 0.29) is 11.5 Å². The molecular weight excluding hydrogens is 314 g/mol. The van der Waals surface area contributed by atoms with Gasteiger partial charge in [0.25, 0.3) is 0 Å². The van der Waals surface area contributed by atoms with Crippen molar-refractivity contribution in [3.8, 4) is 5.75 Å². The van der Waals surface area contributed by atoms with Crippen LogP contribution in [0.3, 0.4) is 0 Å². The largest absolute Gasteiger partial charge is 0.492 e. The quantitative estimate of drug-likeness (QED) is 0.799. The Morgan fingerprint density at radius 3 is 2.60 bits per heavy atom. The Labute approximate surface area is 131 Å². The van der Waals surface area contributed by atoms with Crippen LogP contribution in [0.2, 0.25) is 0 Å². The molecule has 112 valence electrons. The summed E-state index contributed by atoms with van der Waals surface area (Å²) in [5, 5.41) is 0. The van der Waals surface area contributed by atoms with Gasteiger partial charge in [-0.2, -0.15) is 0 Å². The molecule has 0 spiro atoms. The molecular formula is C17H26BrNO. The average molecular weight is 340 g/mol. The molecule has 1 saturated carbocycles. The maximum Gasteiger partial charge on any atom is 0.133 e. The third kappa shape index (κ3) is 3.56. The minimum atomic E-state index is 0.110. The van der Waals surface area contributed by atoms with Crippen molar-refractivity contribution in [3.05, 3.63) is 28.2 Å². The Hall–Kier alpha value is -0.540. The van der Waals surface area contributed by atoms with Gasteiger partial charge in [0.05, 0.1) is 11.1 Å². The number of hydrogen-bond donors (Lipinski definition) is 1. The van der Waals surface area contributed by atoms with Crippen LogP contribution in [0.4, 0.5) is 0 Å². The van der Waals surface area contributed by atoms with E-state index in [1.165, 1.54) is 37.7 Å². The molecule has 1 aliphatic rings. The molecule has 1 atom stereocenters. The fourth-order valence-corrected chi connectivity index (χ4v) is 3.62. The monoisotopic (exact) mass is 339 g/mol. The highest BCUT2D eigenvalue weighted by atomic mass is 79.9. The lowest BCUT2D eigenvalue weighted by Crippen LogP contribution is -2.33. The molecule has 0 radical (unpaired) electrons. The molecule has 0 amide bonds. The van der Waals surface area contributed by atoms with Gasteiger partial charge in [-0.05, 0) is 58.3 Å². The fraction of sp³-hybridized carbons (Fsp3) is 0.647. The van der Waals surface area contributed by atoms with Crippen molar-refractivity contribution in [2.24, 2.45) is 11.1 Å². The third-order valence-corrected chi connectivity index (χ3v) is 5.14. The van der Waals surface area contributed by atoms with Gasteiger partial charge in [-0.25, -0.2) is 0 Å². The van der Waals surface area contributed by atoms with E-state index < -0.39 is 0 Å². The van der Waals surface area contributed by atoms with E-state index in [0.29, 0.717) is 0 Å². The second kappa shape index (κ2) is 6.95. The molecule has 1 unspecified atom stereocenters. The zero-order valence-corrected chi connectivity index (χ0v) is 14.2. The summed E-state index contributed by atoms with van der Waals surface area (Å²) in [6.45, 7) is 5.20. The molecule has 0 saturated heterocycles. The first kappa shape index (κ1) is 15.8. The summed E-state index contributed by atoms with van der Waals surface area (Å²) in [6, 6.07) is 6.41. The minimum Gasteiger partial charge on any atom is -0.492 e. The van der Waals surface area contributed by atoms with Crippen LogP contribution in [-0.4, -0.2) is 6.61 Å². The van der Waals surface area contributed by atoms with Crippen molar-refractivity contribution in [1.29, 1.82) is 0 Å². The van der Waals surface area contributed by atoms with Crippen LogP contribution < -0.4 is 10.5 Å². The Balaban J connectivity index is 2.13. The Kier molecular flexibility index (Phi) is 5.50. The van der Waals surface area contributed by atoms with Crippen molar-refractivity contribution in [2.45, 2.75) is 58.4 Å². The SMILES string of the molecule is CCCOc1ccc(C(N)C2(C)CCCCC2)cc1Br. The van der Waals surface area contributed by atoms with Gasteiger partial charge in [0.2, 0.25) is 0 Å². The van der Waals surface area contributed by atoms with E-state index in [1.807, 2.05) is 6.07 Å².